The molecule has 0 bridgehead atoms. The van der Waals surface area contributed by atoms with E-state index in [0.29, 0.717) is 12.0 Å². The molecule has 9 heteroatoms. The fraction of sp³-hybridized carbons (Fsp3) is 0.519. The van der Waals surface area contributed by atoms with Gasteiger partial charge < -0.3 is 24.6 Å². The van der Waals surface area contributed by atoms with Gasteiger partial charge in [0.05, 0.1) is 30.2 Å². The summed E-state index contributed by atoms with van der Waals surface area (Å²) in [5.74, 6) is 2.04. The smallest absolute Gasteiger partial charge is 0.246 e. The molecule has 0 aromatic carbocycles. The van der Waals surface area contributed by atoms with Crippen molar-refractivity contribution >= 4 is 23.1 Å². The third kappa shape index (κ3) is 4.10. The maximum Gasteiger partial charge on any atom is 0.246 e. The van der Waals surface area contributed by atoms with Gasteiger partial charge in [0.15, 0.2) is 5.75 Å². The van der Waals surface area contributed by atoms with Crippen LogP contribution in [0.2, 0.25) is 0 Å². The predicted molar refractivity (Wildman–Crippen MR) is 138 cm³/mol. The van der Waals surface area contributed by atoms with Crippen molar-refractivity contribution in [2.45, 2.75) is 38.3 Å². The summed E-state index contributed by atoms with van der Waals surface area (Å²) >= 11 is 0. The first kappa shape index (κ1) is 23.2. The highest BCUT2D eigenvalue weighted by Gasteiger charge is 2.39. The minimum absolute atomic E-state index is 0.0311. The summed E-state index contributed by atoms with van der Waals surface area (Å²) in [5.41, 5.74) is 5.13. The minimum atomic E-state index is -0.158. The maximum atomic E-state index is 11.9. The van der Waals surface area contributed by atoms with Gasteiger partial charge in [0.2, 0.25) is 5.91 Å². The van der Waals surface area contributed by atoms with Crippen molar-refractivity contribution in [3.8, 4) is 5.75 Å². The molecule has 9 nitrogen and oxygen atoms in total. The van der Waals surface area contributed by atoms with Crippen LogP contribution in [0.3, 0.4) is 0 Å². The standard InChI is InChI=1S/C27H34N6O3/c1-4-24(34)32-8-6-20(16-32)33-14-19(15-33)21-13-22-26(17(2)29-21)36-18(3)25-23(5-7-28-27(25)30-22)31-9-11-35-12-10-31/h4-5,7,13,18-20H,1,6,8-12,14-16H2,2-3H3,(H,28,30)/t18-,20-/m0/s1. The number of hydrogen-bond acceptors (Lipinski definition) is 8. The number of morpholine rings is 1. The molecule has 2 atom stereocenters. The Labute approximate surface area is 212 Å². The summed E-state index contributed by atoms with van der Waals surface area (Å²) in [4.78, 5) is 28.3. The third-order valence-corrected chi connectivity index (χ3v) is 7.93. The van der Waals surface area contributed by atoms with Crippen LogP contribution < -0.4 is 15.0 Å². The quantitative estimate of drug-likeness (QED) is 0.655. The van der Waals surface area contributed by atoms with E-state index in [0.717, 1.165) is 98.8 Å². The van der Waals surface area contributed by atoms with Gasteiger partial charge in [0, 0.05) is 68.8 Å². The number of pyridine rings is 2. The number of carbonyl (C=O) groups is 1. The van der Waals surface area contributed by atoms with E-state index >= 15 is 0 Å². The van der Waals surface area contributed by atoms with Gasteiger partial charge in [-0.2, -0.15) is 0 Å². The summed E-state index contributed by atoms with van der Waals surface area (Å²) in [6.45, 7) is 14.4. The third-order valence-electron chi connectivity index (χ3n) is 7.93. The Kier molecular flexibility index (Phi) is 6.05. The minimum Gasteiger partial charge on any atom is -0.482 e. The molecule has 2 aromatic rings. The Morgan fingerprint density at radius 1 is 1.22 bits per heavy atom. The number of anilines is 3. The van der Waals surface area contributed by atoms with Crippen LogP contribution in [0.25, 0.3) is 0 Å². The van der Waals surface area contributed by atoms with Crippen LogP contribution in [0.15, 0.2) is 31.0 Å². The first-order valence-electron chi connectivity index (χ1n) is 12.9. The largest absolute Gasteiger partial charge is 0.482 e. The molecular weight excluding hydrogens is 456 g/mol. The molecule has 2 aromatic heterocycles. The molecule has 1 N–H and O–H groups in total. The number of nitrogens with zero attached hydrogens (tertiary/aromatic N) is 5. The molecule has 36 heavy (non-hydrogen) atoms. The number of amides is 1. The average Bonchev–Trinajstić information content (AvgIpc) is 3.29. The van der Waals surface area contributed by atoms with Crippen molar-refractivity contribution in [2.24, 2.45) is 0 Å². The second kappa shape index (κ2) is 9.37. The summed E-state index contributed by atoms with van der Waals surface area (Å²) in [5, 5.41) is 3.59. The number of hydrogen-bond donors (Lipinski definition) is 1. The molecule has 3 saturated heterocycles. The Morgan fingerprint density at radius 2 is 2.03 bits per heavy atom. The summed E-state index contributed by atoms with van der Waals surface area (Å²) < 4.78 is 12.1. The Bertz CT molecular complexity index is 1170. The van der Waals surface area contributed by atoms with Crippen molar-refractivity contribution in [1.82, 2.24) is 19.8 Å². The fourth-order valence-corrected chi connectivity index (χ4v) is 5.91. The van der Waals surface area contributed by atoms with Gasteiger partial charge in [-0.15, -0.1) is 0 Å². The monoisotopic (exact) mass is 490 g/mol. The lowest BCUT2D eigenvalue weighted by atomic mass is 9.92. The molecule has 0 radical (unpaired) electrons. The number of ether oxygens (including phenoxy) is 2. The molecule has 0 aliphatic carbocycles. The lowest BCUT2D eigenvalue weighted by Crippen LogP contribution is -2.52. The molecular formula is C27H34N6O3. The molecule has 4 aliphatic rings. The SMILES string of the molecule is C=CC(=O)N1CC[C@H](N2CC(c3cc4c(c(C)n3)O[C@@H](C)c3c(N5CCOCC5)ccnc3N4)C2)C1. The van der Waals surface area contributed by atoms with Gasteiger partial charge in [-0.25, -0.2) is 4.98 Å². The first-order valence-corrected chi connectivity index (χ1v) is 12.9. The number of aromatic nitrogens is 2. The van der Waals surface area contributed by atoms with Crippen LogP contribution in [0.5, 0.6) is 5.75 Å². The second-order valence-electron chi connectivity index (χ2n) is 10.2. The normalized spacial score (nSPS) is 24.2. The van der Waals surface area contributed by atoms with E-state index in [1.165, 1.54) is 6.08 Å². The zero-order valence-corrected chi connectivity index (χ0v) is 21.1. The zero-order valence-electron chi connectivity index (χ0n) is 21.1. The summed E-state index contributed by atoms with van der Waals surface area (Å²) in [6, 6.07) is 4.63. The van der Waals surface area contributed by atoms with Crippen LogP contribution in [-0.4, -0.2) is 84.2 Å². The predicted octanol–water partition coefficient (Wildman–Crippen LogP) is 3.00. The molecule has 0 saturated carbocycles. The highest BCUT2D eigenvalue weighted by atomic mass is 16.5. The lowest BCUT2D eigenvalue weighted by molar-refractivity contribution is -0.125. The molecule has 0 unspecified atom stereocenters. The van der Waals surface area contributed by atoms with Gasteiger partial charge >= 0.3 is 0 Å². The van der Waals surface area contributed by atoms with E-state index < -0.39 is 0 Å². The second-order valence-corrected chi connectivity index (χ2v) is 10.2. The van der Waals surface area contributed by atoms with E-state index in [9.17, 15) is 4.79 Å². The molecule has 3 fully saturated rings. The molecule has 1 amide bonds. The molecule has 4 aliphatic heterocycles. The molecule has 6 heterocycles. The molecule has 190 valence electrons. The fourth-order valence-electron chi connectivity index (χ4n) is 5.91. The van der Waals surface area contributed by atoms with Crippen LogP contribution in [0, 0.1) is 6.92 Å². The van der Waals surface area contributed by atoms with Crippen LogP contribution >= 0.6 is 0 Å². The van der Waals surface area contributed by atoms with Gasteiger partial charge in [-0.1, -0.05) is 6.58 Å². The number of likely N-dealkylation sites (tertiary alicyclic amines) is 2. The van der Waals surface area contributed by atoms with Gasteiger partial charge in [-0.05, 0) is 38.5 Å². The van der Waals surface area contributed by atoms with Crippen molar-refractivity contribution < 1.29 is 14.3 Å². The zero-order chi connectivity index (χ0) is 24.8. The van der Waals surface area contributed by atoms with Gasteiger partial charge in [-0.3, -0.25) is 14.7 Å². The number of nitrogens with one attached hydrogen (secondary N) is 1. The summed E-state index contributed by atoms with van der Waals surface area (Å²) in [7, 11) is 0. The van der Waals surface area contributed by atoms with E-state index in [1.54, 1.807) is 0 Å². The van der Waals surface area contributed by atoms with Gasteiger partial charge in [0.25, 0.3) is 0 Å². The maximum absolute atomic E-state index is 11.9. The highest BCUT2D eigenvalue weighted by molar-refractivity contribution is 5.87. The van der Waals surface area contributed by atoms with Crippen LogP contribution in [-0.2, 0) is 9.53 Å². The Morgan fingerprint density at radius 3 is 2.81 bits per heavy atom. The van der Waals surface area contributed by atoms with Crippen LogP contribution in [0.4, 0.5) is 17.2 Å². The van der Waals surface area contributed by atoms with Gasteiger partial charge in [0.1, 0.15) is 11.9 Å². The Hall–Kier alpha value is -3.17. The van der Waals surface area contributed by atoms with E-state index in [2.05, 4.69) is 40.8 Å². The molecule has 0 spiro atoms. The number of rotatable bonds is 4. The Balaban J connectivity index is 1.21. The summed E-state index contributed by atoms with van der Waals surface area (Å²) in [6.07, 6.45) is 4.14. The number of aryl methyl sites for hydroxylation is 1. The highest BCUT2D eigenvalue weighted by Crippen LogP contribution is 2.44. The van der Waals surface area contributed by atoms with Crippen molar-refractivity contribution in [2.75, 3.05) is 62.7 Å². The topological polar surface area (TPSA) is 83.1 Å². The van der Waals surface area contributed by atoms with Crippen molar-refractivity contribution in [1.29, 1.82) is 0 Å². The molecule has 6 rings (SSSR count). The van der Waals surface area contributed by atoms with Crippen molar-refractivity contribution in [3.63, 3.8) is 0 Å². The van der Waals surface area contributed by atoms with Crippen molar-refractivity contribution in [3.05, 3.63) is 47.9 Å². The van der Waals surface area contributed by atoms with E-state index in [4.69, 9.17) is 19.4 Å². The average molecular weight is 491 g/mol. The lowest BCUT2D eigenvalue weighted by Gasteiger charge is -2.43. The van der Waals surface area contributed by atoms with Crippen LogP contribution in [0.1, 0.15) is 42.3 Å². The van der Waals surface area contributed by atoms with E-state index in [1.807, 2.05) is 18.0 Å². The first-order chi connectivity index (χ1) is 17.5. The van der Waals surface area contributed by atoms with E-state index in [-0.39, 0.29) is 12.0 Å². The number of fused-ring (bicyclic) bond motifs is 2. The number of carbonyl (C=O) groups excluding carboxylic acids is 1.